The second kappa shape index (κ2) is 6.30. The molecule has 0 bridgehead atoms. The second-order valence-electron chi connectivity index (χ2n) is 4.45. The summed E-state index contributed by atoms with van der Waals surface area (Å²) in [5.41, 5.74) is 7.74. The summed E-state index contributed by atoms with van der Waals surface area (Å²) in [6, 6.07) is 11.3. The molecule has 0 saturated heterocycles. The van der Waals surface area contributed by atoms with Gasteiger partial charge in [0, 0.05) is 24.7 Å². The SMILES string of the molecule is COc1cc(OC)cc(Oc2ccc(CN)cc2C)c1. The summed E-state index contributed by atoms with van der Waals surface area (Å²) in [5.74, 6) is 2.84. The summed E-state index contributed by atoms with van der Waals surface area (Å²) in [7, 11) is 3.22. The molecule has 0 amide bonds. The van der Waals surface area contributed by atoms with E-state index in [1.54, 1.807) is 20.3 Å². The van der Waals surface area contributed by atoms with Crippen LogP contribution in [0.5, 0.6) is 23.0 Å². The molecule has 0 heterocycles. The minimum atomic E-state index is 0.522. The molecule has 0 aliphatic rings. The van der Waals surface area contributed by atoms with Crippen molar-refractivity contribution in [3.8, 4) is 23.0 Å². The summed E-state index contributed by atoms with van der Waals surface area (Å²) in [4.78, 5) is 0. The number of methoxy groups -OCH3 is 2. The molecular weight excluding hydrogens is 254 g/mol. The van der Waals surface area contributed by atoms with Gasteiger partial charge in [-0.15, -0.1) is 0 Å². The van der Waals surface area contributed by atoms with Gasteiger partial charge in [-0.2, -0.15) is 0 Å². The van der Waals surface area contributed by atoms with E-state index in [1.165, 1.54) is 0 Å². The molecule has 4 heteroatoms. The van der Waals surface area contributed by atoms with E-state index in [-0.39, 0.29) is 0 Å². The number of hydrogen-bond donors (Lipinski definition) is 1. The first-order chi connectivity index (χ1) is 9.66. The van der Waals surface area contributed by atoms with Crippen LogP contribution in [0.1, 0.15) is 11.1 Å². The van der Waals surface area contributed by atoms with Crippen LogP contribution in [-0.2, 0) is 6.54 Å². The fraction of sp³-hybridized carbons (Fsp3) is 0.250. The lowest BCUT2D eigenvalue weighted by Crippen LogP contribution is -1.97. The molecule has 2 rings (SSSR count). The maximum Gasteiger partial charge on any atom is 0.134 e. The van der Waals surface area contributed by atoms with Gasteiger partial charge in [0.15, 0.2) is 0 Å². The Morgan fingerprint density at radius 2 is 1.50 bits per heavy atom. The molecule has 0 spiro atoms. The van der Waals surface area contributed by atoms with Crippen molar-refractivity contribution in [2.45, 2.75) is 13.5 Å². The number of ether oxygens (including phenoxy) is 3. The highest BCUT2D eigenvalue weighted by Crippen LogP contribution is 2.32. The lowest BCUT2D eigenvalue weighted by atomic mass is 10.1. The van der Waals surface area contributed by atoms with Crippen LogP contribution >= 0.6 is 0 Å². The lowest BCUT2D eigenvalue weighted by Gasteiger charge is -2.12. The average molecular weight is 273 g/mol. The molecule has 0 aromatic heterocycles. The van der Waals surface area contributed by atoms with Crippen molar-refractivity contribution in [2.24, 2.45) is 5.73 Å². The average Bonchev–Trinajstić information content (AvgIpc) is 2.48. The standard InChI is InChI=1S/C16H19NO3/c1-11-6-12(10-17)4-5-16(11)20-15-8-13(18-2)7-14(9-15)19-3/h4-9H,10,17H2,1-3H3. The predicted molar refractivity (Wildman–Crippen MR) is 78.7 cm³/mol. The maximum atomic E-state index is 5.89. The molecule has 0 fully saturated rings. The molecular formula is C16H19NO3. The van der Waals surface area contributed by atoms with Gasteiger partial charge in [-0.25, -0.2) is 0 Å². The lowest BCUT2D eigenvalue weighted by molar-refractivity contribution is 0.386. The summed E-state index contributed by atoms with van der Waals surface area (Å²) in [6.45, 7) is 2.51. The van der Waals surface area contributed by atoms with Gasteiger partial charge in [-0.1, -0.05) is 12.1 Å². The molecule has 2 N–H and O–H groups in total. The second-order valence-corrected chi connectivity index (χ2v) is 4.45. The smallest absolute Gasteiger partial charge is 0.134 e. The van der Waals surface area contributed by atoms with Crippen LogP contribution in [0.3, 0.4) is 0 Å². The largest absolute Gasteiger partial charge is 0.496 e. The topological polar surface area (TPSA) is 53.7 Å². The number of rotatable bonds is 5. The fourth-order valence-electron chi connectivity index (χ4n) is 1.92. The van der Waals surface area contributed by atoms with Gasteiger partial charge in [0.2, 0.25) is 0 Å². The third kappa shape index (κ3) is 3.22. The number of aryl methyl sites for hydroxylation is 1. The summed E-state index contributed by atoms with van der Waals surface area (Å²) in [5, 5.41) is 0. The Hall–Kier alpha value is -2.20. The Kier molecular flexibility index (Phi) is 4.48. The van der Waals surface area contributed by atoms with Crippen molar-refractivity contribution in [3.63, 3.8) is 0 Å². The van der Waals surface area contributed by atoms with E-state index in [2.05, 4.69) is 0 Å². The zero-order valence-corrected chi connectivity index (χ0v) is 12.0. The van der Waals surface area contributed by atoms with Gasteiger partial charge in [0.05, 0.1) is 14.2 Å². The van der Waals surface area contributed by atoms with Crippen molar-refractivity contribution in [1.29, 1.82) is 0 Å². The molecule has 0 atom stereocenters. The van der Waals surface area contributed by atoms with Gasteiger partial charge in [0.1, 0.15) is 23.0 Å². The van der Waals surface area contributed by atoms with Gasteiger partial charge in [0.25, 0.3) is 0 Å². The van der Waals surface area contributed by atoms with Crippen LogP contribution in [0.2, 0.25) is 0 Å². The van der Waals surface area contributed by atoms with E-state index in [9.17, 15) is 0 Å². The highest BCUT2D eigenvalue weighted by atomic mass is 16.5. The van der Waals surface area contributed by atoms with Crippen LogP contribution < -0.4 is 19.9 Å². The first-order valence-corrected chi connectivity index (χ1v) is 6.36. The van der Waals surface area contributed by atoms with E-state index >= 15 is 0 Å². The quantitative estimate of drug-likeness (QED) is 0.908. The molecule has 0 aliphatic carbocycles. The number of hydrogen-bond acceptors (Lipinski definition) is 4. The van der Waals surface area contributed by atoms with Crippen LogP contribution in [0.4, 0.5) is 0 Å². The third-order valence-electron chi connectivity index (χ3n) is 3.03. The van der Waals surface area contributed by atoms with Gasteiger partial charge < -0.3 is 19.9 Å². The molecule has 4 nitrogen and oxygen atoms in total. The monoisotopic (exact) mass is 273 g/mol. The first-order valence-electron chi connectivity index (χ1n) is 6.36. The van der Waals surface area contributed by atoms with Crippen molar-refractivity contribution >= 4 is 0 Å². The van der Waals surface area contributed by atoms with Gasteiger partial charge >= 0.3 is 0 Å². The fourth-order valence-corrected chi connectivity index (χ4v) is 1.92. The summed E-state index contributed by atoms with van der Waals surface area (Å²) in [6.07, 6.45) is 0. The highest BCUT2D eigenvalue weighted by Gasteiger charge is 2.06. The minimum Gasteiger partial charge on any atom is -0.496 e. The van der Waals surface area contributed by atoms with Crippen LogP contribution in [0.15, 0.2) is 36.4 Å². The molecule has 0 saturated carbocycles. The first kappa shape index (κ1) is 14.2. The van der Waals surface area contributed by atoms with Crippen molar-refractivity contribution in [3.05, 3.63) is 47.5 Å². The van der Waals surface area contributed by atoms with E-state index in [4.69, 9.17) is 19.9 Å². The van der Waals surface area contributed by atoms with Crippen molar-refractivity contribution in [2.75, 3.05) is 14.2 Å². The zero-order chi connectivity index (χ0) is 14.5. The maximum absolute atomic E-state index is 5.89. The molecule has 20 heavy (non-hydrogen) atoms. The normalized spacial score (nSPS) is 10.2. The molecule has 2 aromatic carbocycles. The van der Waals surface area contributed by atoms with Crippen LogP contribution in [-0.4, -0.2) is 14.2 Å². The highest BCUT2D eigenvalue weighted by molar-refractivity contribution is 5.45. The molecule has 0 radical (unpaired) electrons. The summed E-state index contributed by atoms with van der Waals surface area (Å²) >= 11 is 0. The minimum absolute atomic E-state index is 0.522. The Morgan fingerprint density at radius 1 is 0.900 bits per heavy atom. The van der Waals surface area contributed by atoms with E-state index in [0.717, 1.165) is 16.9 Å². The van der Waals surface area contributed by atoms with Crippen molar-refractivity contribution in [1.82, 2.24) is 0 Å². The van der Waals surface area contributed by atoms with E-state index < -0.39 is 0 Å². The number of nitrogens with two attached hydrogens (primary N) is 1. The Labute approximate surface area is 119 Å². The molecule has 0 unspecified atom stereocenters. The van der Waals surface area contributed by atoms with E-state index in [1.807, 2.05) is 37.3 Å². The zero-order valence-electron chi connectivity index (χ0n) is 12.0. The predicted octanol–water partition coefficient (Wildman–Crippen LogP) is 3.26. The molecule has 0 aliphatic heterocycles. The van der Waals surface area contributed by atoms with Crippen molar-refractivity contribution < 1.29 is 14.2 Å². The van der Waals surface area contributed by atoms with Crippen LogP contribution in [0.25, 0.3) is 0 Å². The van der Waals surface area contributed by atoms with E-state index in [0.29, 0.717) is 23.8 Å². The molecule has 2 aromatic rings. The Morgan fingerprint density at radius 3 is 2.00 bits per heavy atom. The molecule has 106 valence electrons. The Bertz CT molecular complexity index is 574. The number of benzene rings is 2. The van der Waals surface area contributed by atoms with Gasteiger partial charge in [-0.3, -0.25) is 0 Å². The summed E-state index contributed by atoms with van der Waals surface area (Å²) < 4.78 is 16.3. The third-order valence-corrected chi connectivity index (χ3v) is 3.03. The Balaban J connectivity index is 2.29. The van der Waals surface area contributed by atoms with Gasteiger partial charge in [-0.05, 0) is 24.1 Å². The van der Waals surface area contributed by atoms with Crippen LogP contribution in [0, 0.1) is 6.92 Å².